The molecule has 2 aliphatic heterocycles. The van der Waals surface area contributed by atoms with Gasteiger partial charge in [-0.15, -0.1) is 22.7 Å². The number of rotatable bonds is 11. The Kier molecular flexibility index (Phi) is 12.5. The molecule has 1 aliphatic carbocycles. The highest BCUT2D eigenvalue weighted by Crippen LogP contribution is 2.40. The average Bonchev–Trinajstić information content (AvgIpc) is 3.91. The van der Waals surface area contributed by atoms with Crippen LogP contribution in [0.15, 0.2) is 117 Å². The third kappa shape index (κ3) is 9.60. The Balaban J connectivity index is 0.000000152. The van der Waals surface area contributed by atoms with Crippen molar-refractivity contribution in [1.29, 1.82) is 0 Å². The normalized spacial score (nSPS) is 15.9. The fraction of sp³-hybridized carbons (Fsp3) is 0.306. The van der Waals surface area contributed by atoms with E-state index in [2.05, 4.69) is 34.7 Å². The molecule has 4 aromatic carbocycles. The van der Waals surface area contributed by atoms with Crippen molar-refractivity contribution in [3.8, 4) is 22.5 Å². The van der Waals surface area contributed by atoms with E-state index in [4.69, 9.17) is 39.7 Å². The molecule has 64 heavy (non-hydrogen) atoms. The van der Waals surface area contributed by atoms with E-state index in [9.17, 15) is 9.59 Å². The van der Waals surface area contributed by atoms with E-state index < -0.39 is 0 Å². The first-order valence-corrected chi connectivity index (χ1v) is 23.5. The minimum Gasteiger partial charge on any atom is -0.399 e. The van der Waals surface area contributed by atoms with Crippen molar-refractivity contribution in [1.82, 2.24) is 29.5 Å². The van der Waals surface area contributed by atoms with Crippen molar-refractivity contribution in [2.75, 3.05) is 32.2 Å². The van der Waals surface area contributed by atoms with Gasteiger partial charge in [-0.25, -0.2) is 19.3 Å². The molecule has 8 aromatic rings. The van der Waals surface area contributed by atoms with Crippen molar-refractivity contribution in [3.63, 3.8) is 0 Å². The third-order valence-electron chi connectivity index (χ3n) is 11.5. The van der Waals surface area contributed by atoms with Crippen LogP contribution < -0.4 is 16.9 Å². The number of hydrogen-bond acceptors (Lipinski definition) is 13. The van der Waals surface area contributed by atoms with Gasteiger partial charge in [-0.2, -0.15) is 10.2 Å². The molecule has 2 saturated heterocycles. The maximum atomic E-state index is 13.2. The summed E-state index contributed by atoms with van der Waals surface area (Å²) >= 11 is 3.07. The maximum Gasteiger partial charge on any atom is 0.275 e. The van der Waals surface area contributed by atoms with Gasteiger partial charge in [0.2, 0.25) is 0 Å². The summed E-state index contributed by atoms with van der Waals surface area (Å²) < 4.78 is 25.9. The zero-order chi connectivity index (χ0) is 43.4. The third-order valence-corrected chi connectivity index (χ3v) is 13.2. The summed E-state index contributed by atoms with van der Waals surface area (Å²) in [6.07, 6.45) is 4.73. The minimum absolute atomic E-state index is 0.106. The summed E-state index contributed by atoms with van der Waals surface area (Å²) in [5, 5.41) is 18.1. The summed E-state index contributed by atoms with van der Waals surface area (Å²) in [4.78, 5) is 35.8. The van der Waals surface area contributed by atoms with Crippen LogP contribution in [-0.2, 0) is 44.9 Å². The SMILES string of the molecule is Nc1ccc(-c2csc(Cn3nc(CC4OCCCO4)c4ccccc4c3=O)n2)cc1.O=c1c2ccccc2c(CC2OCCCO2)nn1Cc1nc(-c2ccc(C3CC3)cc2)cs1. The Morgan fingerprint density at radius 3 is 1.42 bits per heavy atom. The molecule has 11 rings (SSSR count). The Morgan fingerprint density at radius 2 is 0.984 bits per heavy atom. The summed E-state index contributed by atoms with van der Waals surface area (Å²) in [7, 11) is 0. The highest BCUT2D eigenvalue weighted by molar-refractivity contribution is 7.10. The van der Waals surface area contributed by atoms with Crippen molar-refractivity contribution in [2.24, 2.45) is 0 Å². The molecule has 13 nitrogen and oxygen atoms in total. The lowest BCUT2D eigenvalue weighted by molar-refractivity contribution is -0.177. The van der Waals surface area contributed by atoms with E-state index in [1.807, 2.05) is 78.2 Å². The number of fused-ring (bicyclic) bond motifs is 2. The van der Waals surface area contributed by atoms with Gasteiger partial charge in [0.05, 0.1) is 73.1 Å². The largest absolute Gasteiger partial charge is 0.399 e. The van der Waals surface area contributed by atoms with Crippen LogP contribution in [0.5, 0.6) is 0 Å². The van der Waals surface area contributed by atoms with Crippen LogP contribution in [-0.4, -0.2) is 68.5 Å². The Labute approximate surface area is 377 Å². The van der Waals surface area contributed by atoms with Crippen LogP contribution in [0.2, 0.25) is 0 Å². The smallest absolute Gasteiger partial charge is 0.275 e. The number of aromatic nitrogens is 6. The molecule has 0 radical (unpaired) electrons. The van der Waals surface area contributed by atoms with E-state index in [0.29, 0.717) is 68.8 Å². The molecule has 0 atom stereocenters. The first-order valence-electron chi connectivity index (χ1n) is 21.7. The summed E-state index contributed by atoms with van der Waals surface area (Å²) in [6.45, 7) is 3.37. The number of anilines is 1. The van der Waals surface area contributed by atoms with Crippen LogP contribution in [0.25, 0.3) is 44.1 Å². The lowest BCUT2D eigenvalue weighted by Crippen LogP contribution is -2.30. The monoisotopic (exact) mass is 893 g/mol. The van der Waals surface area contributed by atoms with Crippen molar-refractivity contribution in [3.05, 3.63) is 155 Å². The van der Waals surface area contributed by atoms with Crippen LogP contribution in [0.4, 0.5) is 5.69 Å². The first-order chi connectivity index (χ1) is 31.4. The number of nitrogen functional groups attached to an aromatic ring is 1. The number of benzene rings is 4. The van der Waals surface area contributed by atoms with Gasteiger partial charge in [-0.1, -0.05) is 72.8 Å². The van der Waals surface area contributed by atoms with E-state index >= 15 is 0 Å². The zero-order valence-electron chi connectivity index (χ0n) is 35.1. The molecule has 326 valence electrons. The van der Waals surface area contributed by atoms with Gasteiger partial charge in [-0.3, -0.25) is 9.59 Å². The maximum absolute atomic E-state index is 13.2. The van der Waals surface area contributed by atoms with Gasteiger partial charge in [-0.05, 0) is 61.4 Å². The molecular formula is C49H47N7O6S2. The lowest BCUT2D eigenvalue weighted by atomic mass is 10.1. The molecule has 0 bridgehead atoms. The van der Waals surface area contributed by atoms with E-state index in [0.717, 1.165) is 73.4 Å². The number of nitrogens with zero attached hydrogens (tertiary/aromatic N) is 6. The Hall–Kier alpha value is -5.94. The quantitative estimate of drug-likeness (QED) is 0.125. The van der Waals surface area contributed by atoms with Crippen molar-refractivity contribution >= 4 is 49.9 Å². The molecule has 0 unspecified atom stereocenters. The predicted molar refractivity (Wildman–Crippen MR) is 250 cm³/mol. The van der Waals surface area contributed by atoms with E-state index in [1.165, 1.54) is 39.1 Å². The summed E-state index contributed by atoms with van der Waals surface area (Å²) in [6, 6.07) is 31.5. The topological polar surface area (TPSA) is 158 Å². The first kappa shape index (κ1) is 42.0. The van der Waals surface area contributed by atoms with Gasteiger partial charge < -0.3 is 24.7 Å². The number of hydrogen-bond donors (Lipinski definition) is 1. The molecule has 1 saturated carbocycles. The van der Waals surface area contributed by atoms with Crippen molar-refractivity contribution < 1.29 is 18.9 Å². The van der Waals surface area contributed by atoms with Gasteiger partial charge >= 0.3 is 0 Å². The molecule has 0 amide bonds. The standard InChI is InChI=1S/C26H25N3O3S.C23H22N4O3S/c30-26-21-5-2-1-4-20(21)22(14-25-31-12-3-13-32-25)28-29(26)15-24-27-23(16-33-24)19-10-8-18(9-11-19)17-6-7-17;24-16-8-6-15(7-9-16)20-14-31-21(25-20)13-27-23(28)18-5-2-1-4-17(18)19(26-27)12-22-29-10-3-11-30-22/h1-2,4-5,8-11,16-17,25H,3,6-7,12-15H2;1-2,4-9,14,22H,3,10-13,24H2. The Morgan fingerprint density at radius 1 is 0.562 bits per heavy atom. The predicted octanol–water partition coefficient (Wildman–Crippen LogP) is 8.21. The van der Waals surface area contributed by atoms with E-state index in [1.54, 1.807) is 11.3 Å². The number of nitrogens with two attached hydrogens (primary N) is 1. The molecule has 0 spiro atoms. The van der Waals surface area contributed by atoms with Gasteiger partial charge in [0, 0.05) is 51.2 Å². The minimum atomic E-state index is -0.340. The van der Waals surface area contributed by atoms with Gasteiger partial charge in [0.15, 0.2) is 12.6 Å². The average molecular weight is 894 g/mol. The Bertz CT molecular complexity index is 3000. The second-order valence-corrected chi connectivity index (χ2v) is 18.0. The second-order valence-electron chi connectivity index (χ2n) is 16.1. The molecule has 15 heteroatoms. The highest BCUT2D eigenvalue weighted by atomic mass is 32.1. The second kappa shape index (κ2) is 19.0. The molecule has 6 heterocycles. The van der Waals surface area contributed by atoms with Crippen LogP contribution in [0.1, 0.15) is 58.6 Å². The number of ether oxygens (including phenoxy) is 4. The summed E-state index contributed by atoms with van der Waals surface area (Å²) in [5.41, 5.74) is 13.2. The van der Waals surface area contributed by atoms with Crippen LogP contribution >= 0.6 is 22.7 Å². The molecular weight excluding hydrogens is 847 g/mol. The molecule has 3 fully saturated rings. The highest BCUT2D eigenvalue weighted by Gasteiger charge is 2.24. The molecule has 2 N–H and O–H groups in total. The van der Waals surface area contributed by atoms with E-state index in [-0.39, 0.29) is 23.7 Å². The molecule has 3 aliphatic rings. The lowest BCUT2D eigenvalue weighted by Gasteiger charge is -2.23. The fourth-order valence-electron chi connectivity index (χ4n) is 8.04. The number of thiazole rings is 2. The fourth-order valence-corrected chi connectivity index (χ4v) is 9.60. The van der Waals surface area contributed by atoms with Crippen LogP contribution in [0.3, 0.4) is 0 Å². The zero-order valence-corrected chi connectivity index (χ0v) is 36.8. The van der Waals surface area contributed by atoms with Gasteiger partial charge in [0.25, 0.3) is 11.1 Å². The van der Waals surface area contributed by atoms with Crippen molar-refractivity contribution in [2.45, 2.75) is 70.1 Å². The van der Waals surface area contributed by atoms with Crippen LogP contribution in [0, 0.1) is 0 Å². The van der Waals surface area contributed by atoms with Gasteiger partial charge in [0.1, 0.15) is 10.0 Å². The summed E-state index contributed by atoms with van der Waals surface area (Å²) in [5.74, 6) is 0.745. The molecule has 4 aromatic heterocycles.